The second-order valence-electron chi connectivity index (χ2n) is 8.07. The molecule has 3 aromatic carbocycles. The molecule has 0 bridgehead atoms. The molecule has 1 aromatic heterocycles. The lowest BCUT2D eigenvalue weighted by Gasteiger charge is -2.24. The molecule has 0 radical (unpaired) electrons. The number of methoxy groups -OCH3 is 1. The molecule has 5 rings (SSSR count). The molecule has 1 aliphatic heterocycles. The number of carbonyl (C=O) groups excluding carboxylic acids is 2. The molecule has 6 nitrogen and oxygen atoms in total. The molecule has 2 heterocycles. The maximum Gasteiger partial charge on any atom is 0.301 e. The number of nitrogens with zero attached hydrogens (tertiary/aromatic N) is 2. The predicted molar refractivity (Wildman–Crippen MR) is 133 cm³/mol. The quantitative estimate of drug-likeness (QED) is 0.224. The Morgan fingerprint density at radius 2 is 1.86 bits per heavy atom. The SMILES string of the molecule is CCc1ccc2nc(N3C(=O)C(=O)C(=C(O)c4ccc(F)cc4)[C@H]3c3ccccc3OC)sc2c1. The van der Waals surface area contributed by atoms with E-state index in [1.807, 2.05) is 18.2 Å². The van der Waals surface area contributed by atoms with Crippen molar-refractivity contribution in [3.8, 4) is 5.75 Å². The van der Waals surface area contributed by atoms with Crippen LogP contribution in [0.4, 0.5) is 9.52 Å². The number of aromatic nitrogens is 1. The lowest BCUT2D eigenvalue weighted by Crippen LogP contribution is -2.29. The van der Waals surface area contributed by atoms with Gasteiger partial charge in [0.2, 0.25) is 0 Å². The van der Waals surface area contributed by atoms with Gasteiger partial charge in [0.05, 0.1) is 22.9 Å². The number of ketones is 1. The first-order valence-corrected chi connectivity index (χ1v) is 11.8. The molecule has 1 amide bonds. The molecule has 1 fully saturated rings. The van der Waals surface area contributed by atoms with Crippen LogP contribution in [0.5, 0.6) is 5.75 Å². The Kier molecular flexibility index (Phi) is 5.82. The fourth-order valence-corrected chi connectivity index (χ4v) is 5.32. The number of para-hydroxylation sites is 1. The third kappa shape index (κ3) is 3.85. The summed E-state index contributed by atoms with van der Waals surface area (Å²) in [6, 6.07) is 17.0. The maximum absolute atomic E-state index is 13.5. The molecule has 1 saturated heterocycles. The van der Waals surface area contributed by atoms with Gasteiger partial charge in [-0.1, -0.05) is 42.5 Å². The van der Waals surface area contributed by atoms with Gasteiger partial charge in [-0.25, -0.2) is 9.37 Å². The van der Waals surface area contributed by atoms with E-state index in [2.05, 4.69) is 11.9 Å². The van der Waals surface area contributed by atoms with Crippen molar-refractivity contribution in [2.45, 2.75) is 19.4 Å². The van der Waals surface area contributed by atoms with E-state index in [0.29, 0.717) is 22.0 Å². The fraction of sp³-hybridized carbons (Fsp3) is 0.148. The maximum atomic E-state index is 13.5. The molecule has 176 valence electrons. The zero-order valence-corrected chi connectivity index (χ0v) is 19.8. The average Bonchev–Trinajstić information content (AvgIpc) is 3.41. The summed E-state index contributed by atoms with van der Waals surface area (Å²) in [4.78, 5) is 32.7. The number of thiazole rings is 1. The molecule has 0 unspecified atom stereocenters. The number of amides is 1. The summed E-state index contributed by atoms with van der Waals surface area (Å²) in [5.74, 6) is -2.08. The number of aliphatic hydroxyl groups excluding tert-OH is 1. The molecular weight excluding hydrogens is 467 g/mol. The number of aliphatic hydroxyl groups is 1. The van der Waals surface area contributed by atoms with Crippen LogP contribution in [0.25, 0.3) is 16.0 Å². The first-order valence-electron chi connectivity index (χ1n) is 11.0. The Hall–Kier alpha value is -4.04. The van der Waals surface area contributed by atoms with Crippen molar-refractivity contribution in [2.24, 2.45) is 0 Å². The normalized spacial score (nSPS) is 17.3. The summed E-state index contributed by atoms with van der Waals surface area (Å²) in [7, 11) is 1.49. The van der Waals surface area contributed by atoms with Crippen LogP contribution in [0, 0.1) is 5.82 Å². The third-order valence-electron chi connectivity index (χ3n) is 6.05. The number of ether oxygens (including phenoxy) is 1. The monoisotopic (exact) mass is 488 g/mol. The lowest BCUT2D eigenvalue weighted by atomic mass is 9.94. The van der Waals surface area contributed by atoms with Gasteiger partial charge in [0.25, 0.3) is 5.78 Å². The Labute approximate surface area is 204 Å². The van der Waals surface area contributed by atoms with Crippen molar-refractivity contribution >= 4 is 44.1 Å². The second-order valence-corrected chi connectivity index (χ2v) is 9.08. The Balaban J connectivity index is 1.74. The number of Topliss-reactive ketones (excluding diaryl/α,β-unsaturated/α-hetero) is 1. The molecule has 4 aromatic rings. The molecule has 1 aliphatic rings. The number of benzene rings is 3. The zero-order valence-electron chi connectivity index (χ0n) is 19.0. The predicted octanol–water partition coefficient (Wildman–Crippen LogP) is 5.63. The molecule has 0 saturated carbocycles. The highest BCUT2D eigenvalue weighted by atomic mass is 32.1. The molecular formula is C27H21FN2O4S. The Bertz CT molecular complexity index is 1490. The largest absolute Gasteiger partial charge is 0.507 e. The number of rotatable bonds is 5. The van der Waals surface area contributed by atoms with Gasteiger partial charge < -0.3 is 9.84 Å². The minimum atomic E-state index is -0.984. The van der Waals surface area contributed by atoms with Gasteiger partial charge in [-0.05, 0) is 54.4 Å². The fourth-order valence-electron chi connectivity index (χ4n) is 4.26. The van der Waals surface area contributed by atoms with Crippen LogP contribution < -0.4 is 9.64 Å². The van der Waals surface area contributed by atoms with E-state index in [9.17, 15) is 19.1 Å². The molecule has 1 N–H and O–H groups in total. The molecule has 0 aliphatic carbocycles. The second kappa shape index (κ2) is 8.96. The highest BCUT2D eigenvalue weighted by Gasteiger charge is 2.49. The van der Waals surface area contributed by atoms with Gasteiger partial charge in [0.15, 0.2) is 5.13 Å². The summed E-state index contributed by atoms with van der Waals surface area (Å²) in [5.41, 5.74) is 2.47. The number of halogens is 1. The van der Waals surface area contributed by atoms with Crippen molar-refractivity contribution in [3.63, 3.8) is 0 Å². The van der Waals surface area contributed by atoms with Crippen molar-refractivity contribution in [2.75, 3.05) is 12.0 Å². The van der Waals surface area contributed by atoms with Gasteiger partial charge in [-0.3, -0.25) is 14.5 Å². The van der Waals surface area contributed by atoms with Gasteiger partial charge in [-0.2, -0.15) is 0 Å². The molecule has 1 atom stereocenters. The van der Waals surface area contributed by atoms with E-state index >= 15 is 0 Å². The van der Waals surface area contributed by atoms with Crippen molar-refractivity contribution in [3.05, 3.63) is 94.8 Å². The van der Waals surface area contributed by atoms with E-state index in [0.717, 1.165) is 16.7 Å². The van der Waals surface area contributed by atoms with Crippen molar-refractivity contribution in [1.82, 2.24) is 4.98 Å². The van der Waals surface area contributed by atoms with Crippen LogP contribution in [-0.2, 0) is 16.0 Å². The first kappa shape index (κ1) is 22.7. The van der Waals surface area contributed by atoms with E-state index < -0.39 is 29.3 Å². The Morgan fingerprint density at radius 3 is 2.57 bits per heavy atom. The topological polar surface area (TPSA) is 79.7 Å². The number of aryl methyl sites for hydroxylation is 1. The van der Waals surface area contributed by atoms with E-state index in [1.165, 1.54) is 47.6 Å². The number of anilines is 1. The van der Waals surface area contributed by atoms with Crippen molar-refractivity contribution in [1.29, 1.82) is 0 Å². The number of hydrogen-bond acceptors (Lipinski definition) is 6. The van der Waals surface area contributed by atoms with Crippen LogP contribution in [0.3, 0.4) is 0 Å². The smallest absolute Gasteiger partial charge is 0.301 e. The van der Waals surface area contributed by atoms with Crippen LogP contribution in [0.1, 0.15) is 29.7 Å². The van der Waals surface area contributed by atoms with Crippen LogP contribution in [0.15, 0.2) is 72.3 Å². The number of fused-ring (bicyclic) bond motifs is 1. The van der Waals surface area contributed by atoms with Gasteiger partial charge in [0.1, 0.15) is 23.4 Å². The van der Waals surface area contributed by atoms with Crippen LogP contribution >= 0.6 is 11.3 Å². The number of carbonyl (C=O) groups is 2. The van der Waals surface area contributed by atoms with Gasteiger partial charge in [-0.15, -0.1) is 0 Å². The van der Waals surface area contributed by atoms with E-state index in [4.69, 9.17) is 4.74 Å². The van der Waals surface area contributed by atoms with Gasteiger partial charge in [0, 0.05) is 11.1 Å². The number of hydrogen-bond donors (Lipinski definition) is 1. The lowest BCUT2D eigenvalue weighted by molar-refractivity contribution is -0.132. The van der Waals surface area contributed by atoms with Gasteiger partial charge >= 0.3 is 5.91 Å². The van der Waals surface area contributed by atoms with Crippen molar-refractivity contribution < 1.29 is 23.8 Å². The summed E-state index contributed by atoms with van der Waals surface area (Å²) < 4.78 is 19.9. The molecule has 8 heteroatoms. The molecule has 0 spiro atoms. The van der Waals surface area contributed by atoms with Crippen LogP contribution in [0.2, 0.25) is 0 Å². The summed E-state index contributed by atoms with van der Waals surface area (Å²) >= 11 is 1.30. The van der Waals surface area contributed by atoms with E-state index in [1.54, 1.807) is 24.3 Å². The molecule has 35 heavy (non-hydrogen) atoms. The van der Waals surface area contributed by atoms with E-state index in [-0.39, 0.29) is 11.1 Å². The minimum Gasteiger partial charge on any atom is -0.507 e. The average molecular weight is 489 g/mol. The van der Waals surface area contributed by atoms with Crippen LogP contribution in [-0.4, -0.2) is 28.9 Å². The zero-order chi connectivity index (χ0) is 24.7. The minimum absolute atomic E-state index is 0.111. The summed E-state index contributed by atoms with van der Waals surface area (Å²) in [6.07, 6.45) is 0.854. The summed E-state index contributed by atoms with van der Waals surface area (Å²) in [6.45, 7) is 2.05. The Morgan fingerprint density at radius 1 is 1.11 bits per heavy atom. The summed E-state index contributed by atoms with van der Waals surface area (Å²) in [5, 5.41) is 11.5. The first-order chi connectivity index (χ1) is 16.9. The highest BCUT2D eigenvalue weighted by molar-refractivity contribution is 7.22. The highest BCUT2D eigenvalue weighted by Crippen LogP contribution is 2.46. The standard InChI is InChI=1S/C27H21FN2O4S/c1-3-15-8-13-19-21(14-15)35-27(29-19)30-23(18-6-4-5-7-20(18)34-2)22(25(32)26(30)33)24(31)16-9-11-17(28)12-10-16/h4-14,23,31H,3H2,1-2H3/t23-/m1/s1. The third-order valence-corrected chi connectivity index (χ3v) is 7.07.